The van der Waals surface area contributed by atoms with Gasteiger partial charge >= 0.3 is 5.97 Å². The zero-order chi connectivity index (χ0) is 9.97. The Hall–Kier alpha value is -1.51. The molecule has 1 aliphatic rings. The summed E-state index contributed by atoms with van der Waals surface area (Å²) in [5.41, 5.74) is 1.01. The first-order valence-electron chi connectivity index (χ1n) is 4.83. The molecule has 1 heterocycles. The van der Waals surface area contributed by atoms with Crippen molar-refractivity contribution < 1.29 is 9.90 Å². The van der Waals surface area contributed by atoms with Crippen molar-refractivity contribution in [3.05, 3.63) is 30.3 Å². The van der Waals surface area contributed by atoms with E-state index in [9.17, 15) is 4.79 Å². The van der Waals surface area contributed by atoms with E-state index in [0.717, 1.165) is 25.1 Å². The second-order valence-corrected chi connectivity index (χ2v) is 3.53. The number of para-hydroxylation sites is 1. The highest BCUT2D eigenvalue weighted by molar-refractivity contribution is 5.78. The van der Waals surface area contributed by atoms with Crippen molar-refractivity contribution in [2.45, 2.75) is 18.9 Å². The molecule has 1 aromatic rings. The Kier molecular flexibility index (Phi) is 2.39. The van der Waals surface area contributed by atoms with Gasteiger partial charge in [-0.1, -0.05) is 18.2 Å². The number of rotatable bonds is 2. The lowest BCUT2D eigenvalue weighted by Crippen LogP contribution is -2.35. The third kappa shape index (κ3) is 1.58. The molecule has 0 radical (unpaired) electrons. The number of benzene rings is 1. The third-order valence-corrected chi connectivity index (χ3v) is 2.63. The van der Waals surface area contributed by atoms with Gasteiger partial charge in [0.1, 0.15) is 6.04 Å². The number of aliphatic carboxylic acids is 1. The van der Waals surface area contributed by atoms with Gasteiger partial charge in [-0.2, -0.15) is 0 Å². The molecule has 14 heavy (non-hydrogen) atoms. The quantitative estimate of drug-likeness (QED) is 0.774. The van der Waals surface area contributed by atoms with Crippen molar-refractivity contribution >= 4 is 11.7 Å². The molecule has 0 aromatic heterocycles. The van der Waals surface area contributed by atoms with Gasteiger partial charge in [0.05, 0.1) is 0 Å². The van der Waals surface area contributed by atoms with Crippen molar-refractivity contribution in [3.63, 3.8) is 0 Å². The average molecular weight is 191 g/mol. The summed E-state index contributed by atoms with van der Waals surface area (Å²) in [6.07, 6.45) is 1.72. The number of anilines is 1. The third-order valence-electron chi connectivity index (χ3n) is 2.63. The maximum absolute atomic E-state index is 10.9. The van der Waals surface area contributed by atoms with E-state index in [2.05, 4.69) is 0 Å². The van der Waals surface area contributed by atoms with Crippen LogP contribution in [0.3, 0.4) is 0 Å². The van der Waals surface area contributed by atoms with Crippen molar-refractivity contribution in [1.82, 2.24) is 0 Å². The minimum absolute atomic E-state index is 0.336. The maximum Gasteiger partial charge on any atom is 0.326 e. The molecule has 3 heteroatoms. The summed E-state index contributed by atoms with van der Waals surface area (Å²) in [7, 11) is 0. The molecule has 0 bridgehead atoms. The van der Waals surface area contributed by atoms with E-state index in [4.69, 9.17) is 5.11 Å². The fraction of sp³-hybridized carbons (Fsp3) is 0.364. The number of carboxylic acids is 1. The lowest BCUT2D eigenvalue weighted by atomic mass is 10.2. The second kappa shape index (κ2) is 3.70. The number of carbonyl (C=O) groups is 1. The highest BCUT2D eigenvalue weighted by Crippen LogP contribution is 2.24. The fourth-order valence-electron chi connectivity index (χ4n) is 1.95. The Balaban J connectivity index is 2.22. The molecule has 0 saturated carbocycles. The highest BCUT2D eigenvalue weighted by Gasteiger charge is 2.30. The Bertz CT molecular complexity index is 323. The van der Waals surface area contributed by atoms with E-state index in [-0.39, 0.29) is 6.04 Å². The van der Waals surface area contributed by atoms with Crippen LogP contribution in [0.5, 0.6) is 0 Å². The summed E-state index contributed by atoms with van der Waals surface area (Å²) in [4.78, 5) is 12.9. The molecular formula is C11H13NO2. The van der Waals surface area contributed by atoms with Crippen LogP contribution in [0.15, 0.2) is 30.3 Å². The minimum Gasteiger partial charge on any atom is -0.480 e. The Morgan fingerprint density at radius 3 is 2.71 bits per heavy atom. The predicted molar refractivity (Wildman–Crippen MR) is 54.4 cm³/mol. The second-order valence-electron chi connectivity index (χ2n) is 3.53. The highest BCUT2D eigenvalue weighted by atomic mass is 16.4. The van der Waals surface area contributed by atoms with Gasteiger partial charge < -0.3 is 10.0 Å². The molecule has 1 atom stereocenters. The standard InChI is InChI=1S/C11H13NO2/c13-11(14)10-7-4-8-12(10)9-5-2-1-3-6-9/h1-3,5-6,10H,4,7-8H2,(H,13,14)/t10-/m0/s1. The average Bonchev–Trinajstić information content (AvgIpc) is 2.67. The first kappa shape index (κ1) is 9.06. The number of nitrogens with zero attached hydrogens (tertiary/aromatic N) is 1. The Morgan fingerprint density at radius 1 is 1.36 bits per heavy atom. The van der Waals surface area contributed by atoms with Gasteiger partial charge in [0.25, 0.3) is 0 Å². The van der Waals surface area contributed by atoms with E-state index in [0.29, 0.717) is 0 Å². The minimum atomic E-state index is -0.716. The summed E-state index contributed by atoms with van der Waals surface area (Å²) < 4.78 is 0. The summed E-state index contributed by atoms with van der Waals surface area (Å²) in [5, 5.41) is 9.00. The molecule has 2 rings (SSSR count). The molecule has 74 valence electrons. The molecule has 0 spiro atoms. The summed E-state index contributed by atoms with van der Waals surface area (Å²) in [6.45, 7) is 0.848. The normalized spacial score (nSPS) is 21.1. The van der Waals surface area contributed by atoms with Gasteiger partial charge in [0, 0.05) is 12.2 Å². The Labute approximate surface area is 83.0 Å². The molecule has 1 aromatic carbocycles. The number of hydrogen-bond donors (Lipinski definition) is 1. The lowest BCUT2D eigenvalue weighted by molar-refractivity contribution is -0.138. The molecule has 1 aliphatic heterocycles. The van der Waals surface area contributed by atoms with Crippen LogP contribution in [0.4, 0.5) is 5.69 Å². The van der Waals surface area contributed by atoms with Crippen LogP contribution in [0.1, 0.15) is 12.8 Å². The van der Waals surface area contributed by atoms with E-state index >= 15 is 0 Å². The van der Waals surface area contributed by atoms with Crippen LogP contribution in [0, 0.1) is 0 Å². The topological polar surface area (TPSA) is 40.5 Å². The SMILES string of the molecule is O=C(O)[C@@H]1CCCN1c1ccccc1. The van der Waals surface area contributed by atoms with Crippen LogP contribution in [-0.4, -0.2) is 23.7 Å². The summed E-state index contributed by atoms with van der Waals surface area (Å²) >= 11 is 0. The molecule has 1 N–H and O–H groups in total. The van der Waals surface area contributed by atoms with E-state index < -0.39 is 5.97 Å². The zero-order valence-electron chi connectivity index (χ0n) is 7.89. The summed E-state index contributed by atoms with van der Waals surface area (Å²) in [5.74, 6) is -0.716. The van der Waals surface area contributed by atoms with Crippen molar-refractivity contribution in [2.75, 3.05) is 11.4 Å². The molecule has 0 amide bonds. The Morgan fingerprint density at radius 2 is 2.07 bits per heavy atom. The largest absolute Gasteiger partial charge is 0.480 e. The molecule has 0 unspecified atom stereocenters. The predicted octanol–water partition coefficient (Wildman–Crippen LogP) is 1.74. The number of carboxylic acid groups (broad SMARTS) is 1. The molecule has 1 saturated heterocycles. The van der Waals surface area contributed by atoms with E-state index in [1.54, 1.807) is 0 Å². The van der Waals surface area contributed by atoms with Crippen LogP contribution >= 0.6 is 0 Å². The van der Waals surface area contributed by atoms with Gasteiger partial charge in [0.2, 0.25) is 0 Å². The van der Waals surface area contributed by atoms with Crippen LogP contribution in [-0.2, 0) is 4.79 Å². The van der Waals surface area contributed by atoms with Gasteiger partial charge in [0.15, 0.2) is 0 Å². The van der Waals surface area contributed by atoms with Gasteiger partial charge in [-0.25, -0.2) is 4.79 Å². The van der Waals surface area contributed by atoms with Crippen LogP contribution < -0.4 is 4.90 Å². The van der Waals surface area contributed by atoms with Crippen LogP contribution in [0.2, 0.25) is 0 Å². The van der Waals surface area contributed by atoms with Gasteiger partial charge in [-0.05, 0) is 25.0 Å². The van der Waals surface area contributed by atoms with Gasteiger partial charge in [-0.3, -0.25) is 0 Å². The van der Waals surface area contributed by atoms with Gasteiger partial charge in [-0.15, -0.1) is 0 Å². The summed E-state index contributed by atoms with van der Waals surface area (Å²) in [6, 6.07) is 9.40. The molecule has 3 nitrogen and oxygen atoms in total. The number of hydrogen-bond acceptors (Lipinski definition) is 2. The monoisotopic (exact) mass is 191 g/mol. The van der Waals surface area contributed by atoms with E-state index in [1.807, 2.05) is 35.2 Å². The maximum atomic E-state index is 10.9. The fourth-order valence-corrected chi connectivity index (χ4v) is 1.95. The smallest absolute Gasteiger partial charge is 0.326 e. The molecular weight excluding hydrogens is 178 g/mol. The van der Waals surface area contributed by atoms with E-state index in [1.165, 1.54) is 0 Å². The van der Waals surface area contributed by atoms with Crippen molar-refractivity contribution in [3.8, 4) is 0 Å². The first-order chi connectivity index (χ1) is 6.79. The molecule has 1 fully saturated rings. The van der Waals surface area contributed by atoms with Crippen molar-refractivity contribution in [2.24, 2.45) is 0 Å². The molecule has 0 aliphatic carbocycles. The lowest BCUT2D eigenvalue weighted by Gasteiger charge is -2.23. The first-order valence-corrected chi connectivity index (χ1v) is 4.83. The zero-order valence-corrected chi connectivity index (χ0v) is 7.89. The van der Waals surface area contributed by atoms with Crippen LogP contribution in [0.25, 0.3) is 0 Å². The van der Waals surface area contributed by atoms with Crippen molar-refractivity contribution in [1.29, 1.82) is 0 Å².